The number of aliphatic hydroxyl groups is 1. The average molecular weight is 2000 g/mol. The van der Waals surface area contributed by atoms with E-state index in [9.17, 15) is 93.0 Å². The van der Waals surface area contributed by atoms with Gasteiger partial charge in [0.15, 0.2) is 0 Å². The van der Waals surface area contributed by atoms with Gasteiger partial charge < -0.3 is 135 Å². The number of carbonyl (C=O) groups is 20. The lowest BCUT2D eigenvalue weighted by molar-refractivity contribution is -0.149. The Morgan fingerprint density at radius 2 is 1.13 bits per heavy atom. The monoisotopic (exact) mass is 2000 g/mol. The van der Waals surface area contributed by atoms with Crippen molar-refractivity contribution in [3.8, 4) is 18.1 Å². The Bertz CT molecular complexity index is 5450. The van der Waals surface area contributed by atoms with Crippen molar-refractivity contribution in [3.05, 3.63) is 102 Å². The molecule has 3 aliphatic heterocycles. The lowest BCUT2D eigenvalue weighted by atomic mass is 9.99. The number of aliphatic carboxylic acids is 4. The zero-order valence-corrected chi connectivity index (χ0v) is 81.3. The number of para-hydroxylation sites is 2. The van der Waals surface area contributed by atoms with E-state index < -0.39 is 297 Å². The fourth-order valence-electron chi connectivity index (χ4n) is 17.2. The van der Waals surface area contributed by atoms with Crippen molar-refractivity contribution in [1.29, 1.82) is 0 Å². The summed E-state index contributed by atoms with van der Waals surface area (Å²) < 4.78 is 1.40. The van der Waals surface area contributed by atoms with Gasteiger partial charge in [-0.1, -0.05) is 102 Å². The van der Waals surface area contributed by atoms with Crippen LogP contribution in [0.4, 0.5) is 0 Å². The van der Waals surface area contributed by atoms with Crippen LogP contribution >= 0.6 is 11.8 Å². The number of H-pyrrole nitrogens is 1. The van der Waals surface area contributed by atoms with Crippen LogP contribution in [0.2, 0.25) is 0 Å². The number of aliphatic hydroxyl groups excluding tert-OH is 1. The average Bonchev–Trinajstić information content (AvgIpc) is 1.63. The first kappa shape index (κ1) is 113. The minimum absolute atomic E-state index is 0.0822. The number of likely N-dealkylation sites (N-methyl/N-ethyl adjacent to an activating group) is 3. The zero-order valence-electron chi connectivity index (χ0n) is 80.5. The van der Waals surface area contributed by atoms with Gasteiger partial charge in [0.25, 0.3) is 0 Å². The van der Waals surface area contributed by atoms with Gasteiger partial charge in [0, 0.05) is 119 Å². The highest BCUT2D eigenvalue weighted by molar-refractivity contribution is 8.00. The summed E-state index contributed by atoms with van der Waals surface area (Å²) in [4.78, 5) is 296. The molecule has 142 heavy (non-hydrogen) atoms. The fraction of sp³-hybridized carbons (Fsp3) is 0.537. The van der Waals surface area contributed by atoms with E-state index >= 15 is 33.6 Å². The lowest BCUT2D eigenvalue weighted by Gasteiger charge is -2.36. The second-order valence-corrected chi connectivity index (χ2v) is 37.0. The number of aromatic nitrogens is 2. The number of thioether (sulfide) groups is 1. The minimum Gasteiger partial charge on any atom is -0.508 e. The molecule has 5 aromatic rings. The Labute approximate surface area is 823 Å². The van der Waals surface area contributed by atoms with Crippen molar-refractivity contribution < 1.29 is 127 Å². The highest BCUT2D eigenvalue weighted by Crippen LogP contribution is 2.29. The largest absolute Gasteiger partial charge is 0.508 e. The number of fused-ring (bicyclic) bond motifs is 4. The first-order valence-corrected chi connectivity index (χ1v) is 48.2. The van der Waals surface area contributed by atoms with E-state index in [4.69, 9.17) is 17.9 Å². The predicted octanol–water partition coefficient (Wildman–Crippen LogP) is -2.71. The van der Waals surface area contributed by atoms with Crippen molar-refractivity contribution >= 4 is 152 Å². The zero-order chi connectivity index (χ0) is 105. The maximum atomic E-state index is 16.0. The first-order valence-electron chi connectivity index (χ1n) is 47.0. The molecule has 22 N–H and O–H groups in total. The third-order valence-electron chi connectivity index (χ3n) is 24.9. The van der Waals surface area contributed by atoms with Crippen molar-refractivity contribution in [3.63, 3.8) is 0 Å². The number of hydrogen-bond acceptors (Lipinski definition) is 25. The van der Waals surface area contributed by atoms with Gasteiger partial charge >= 0.3 is 23.9 Å². The number of nitrogens with zero attached hydrogens (tertiary/aromatic N) is 6. The second-order valence-electron chi connectivity index (χ2n) is 35.9. The summed E-state index contributed by atoms with van der Waals surface area (Å²) in [5.74, 6) is -22.3. The Balaban J connectivity index is 1.23. The molecule has 3 saturated heterocycles. The molecule has 0 unspecified atom stereocenters. The van der Waals surface area contributed by atoms with Gasteiger partial charge in [-0.05, 0) is 105 Å². The van der Waals surface area contributed by atoms with Gasteiger partial charge in [0.1, 0.15) is 103 Å². The third-order valence-corrected chi connectivity index (χ3v) is 26.0. The van der Waals surface area contributed by atoms with E-state index in [0.29, 0.717) is 63.1 Å². The summed E-state index contributed by atoms with van der Waals surface area (Å²) in [5.41, 5.74) is 14.5. The van der Waals surface area contributed by atoms with E-state index in [-0.39, 0.29) is 83.0 Å². The van der Waals surface area contributed by atoms with Gasteiger partial charge in [-0.25, -0.2) is 4.79 Å². The van der Waals surface area contributed by atoms with Gasteiger partial charge in [-0.3, -0.25) is 91.1 Å². The predicted molar refractivity (Wildman–Crippen MR) is 514 cm³/mol. The summed E-state index contributed by atoms with van der Waals surface area (Å²) in [6, 6.07) is -6.15. The molecule has 2 aromatic heterocycles. The lowest BCUT2D eigenvalue weighted by Crippen LogP contribution is -2.62. The molecule has 3 fully saturated rings. The van der Waals surface area contributed by atoms with E-state index in [1.165, 1.54) is 56.0 Å². The number of aromatic hydroxyl groups is 1. The molecule has 3 aromatic carbocycles. The highest BCUT2D eigenvalue weighted by atomic mass is 32.2. The molecule has 0 spiro atoms. The van der Waals surface area contributed by atoms with Crippen molar-refractivity contribution in [1.82, 2.24) is 92.5 Å². The number of carboxylic acid groups (broad SMARTS) is 4. The molecule has 16 amide bonds. The number of aromatic amines is 1. The van der Waals surface area contributed by atoms with Crippen molar-refractivity contribution in [2.24, 2.45) is 17.4 Å². The summed E-state index contributed by atoms with van der Waals surface area (Å²) in [6.07, 6.45) is 2.82. The number of phenols is 1. The SMILES string of the molecule is C#CC[C@H](NC(=O)CNC(=O)[C@@H]1CSCC(=O)N[C@@H](Cc2ccc(O)cc2)C(=O)N(C)[C@@H](C)C(=O)N[C@@H](CC(=O)O)C(=O)N2CCC[C@H]2C(=O)N[C@@H](CN)C(=O)N[C@@H](CC(C)C)C(=O)N2C[C@H](O)C[C@H]2C(=O)N[C@@H](Cc2c[nH]c3ccccc23)C(=O)N[C@@H](CCN)C(=O)N[C@@H](Cc2cn(CC(=O)O)c3ccccc23)C(=O)N(C)[C@@H](CCCC)C(=O)N(C)[C@@H](CCCC)C(=O)N[C@@H](CCC(=O)O)C(=O)N1)C(=O)O. The van der Waals surface area contributed by atoms with Crippen LogP contribution in [0.25, 0.3) is 21.8 Å². The highest BCUT2D eigenvalue weighted by Gasteiger charge is 2.47. The van der Waals surface area contributed by atoms with Crippen LogP contribution in [-0.2, 0) is 122 Å². The maximum Gasteiger partial charge on any atom is 0.327 e. The van der Waals surface area contributed by atoms with Crippen LogP contribution in [0.3, 0.4) is 0 Å². The molecule has 16 atom stereocenters. The van der Waals surface area contributed by atoms with Crippen LogP contribution in [0.1, 0.15) is 148 Å². The van der Waals surface area contributed by atoms with E-state index in [2.05, 4.69) is 69.4 Å². The fourth-order valence-corrected chi connectivity index (χ4v) is 18.0. The molecule has 3 aliphatic rings. The molecule has 0 bridgehead atoms. The normalized spacial score (nSPS) is 24.2. The Morgan fingerprint density at radius 3 is 1.77 bits per heavy atom. The molecule has 0 aliphatic carbocycles. The number of phenolic OH excluding ortho intramolecular Hbond substituents is 1. The van der Waals surface area contributed by atoms with Gasteiger partial charge in [-0.15, -0.1) is 24.1 Å². The molecule has 8 rings (SSSR count). The van der Waals surface area contributed by atoms with E-state index in [1.54, 1.807) is 82.4 Å². The number of carbonyl (C=O) groups excluding carboxylic acids is 16. The molecular weight excluding hydrogens is 1870 g/mol. The van der Waals surface area contributed by atoms with Gasteiger partial charge in [0.05, 0.1) is 24.8 Å². The molecular formula is C95H130N20O26S. The third kappa shape index (κ3) is 31.6. The Kier molecular flexibility index (Phi) is 42.9. The van der Waals surface area contributed by atoms with E-state index in [1.807, 2.05) is 0 Å². The number of terminal acetylenes is 1. The summed E-state index contributed by atoms with van der Waals surface area (Å²) in [6.45, 7) is 4.97. The Hall–Kier alpha value is -14.3. The van der Waals surface area contributed by atoms with Crippen LogP contribution < -0.4 is 70.0 Å². The number of nitrogens with two attached hydrogens (primary N) is 2. The number of nitrogens with one attached hydrogen (secondary N) is 12. The smallest absolute Gasteiger partial charge is 0.327 e. The standard InChI is InChI=1S/C95H130N20O26S/c1-10-13-24-72-87(132)103-61(32-33-78(120)121)83(128)109-70(82(127)99-45-76(118)100-63(20-12-3)95(140)141)49-142-50-77(119)101-66(38-53-28-30-56(116)31-29-53)90(135)110(7)52(6)81(126)105-68(42-79(122)123)92(137)114-36-19-27-73(114)88(133)108-69(43-97)86(131)106-65(37-51(4)5)93(138)115-47-57(117)41-75(115)89(134)104-64(39-54-44-98-60-23-17-15-21-58(54)60)85(130)102-62(34-35-96)84(129)107-67(91(136)112(9)74(25-14-11-2)94(139)111(72)8)40-55-46-113(48-80(124)125)71-26-18-16-22-59(55)71/h3,15-18,21-23,26,28-31,44,46,51-52,57,61-70,72-75,98,116-117H,10-11,13-14,19-20,24-25,27,32-43,45,47-50,96-97H2,1-2,4-9H3,(H,99,127)(H,100,118)(H,101,119)(H,102,130)(H,103,132)(H,104,134)(H,105,126)(H,106,131)(H,107,129)(H,108,133)(H,109,128)(H,120,121)(H,122,123)(H,124,125)(H,140,141)/t52-,57+,61-,62-,63-,64-,65-,66-,67-,68-,69-,70-,72-,73-,74-,75-/m0/s1. The number of benzene rings is 3. The molecule has 0 saturated carbocycles. The van der Waals surface area contributed by atoms with E-state index in [0.717, 1.165) is 31.5 Å². The molecule has 47 heteroatoms. The Morgan fingerprint density at radius 1 is 0.570 bits per heavy atom. The summed E-state index contributed by atoms with van der Waals surface area (Å²) in [7, 11) is 3.65. The number of unbranched alkanes of at least 4 members (excludes halogenated alkanes) is 2. The molecule has 5 heterocycles. The van der Waals surface area contributed by atoms with Gasteiger partial charge in [-0.2, -0.15) is 0 Å². The number of rotatable bonds is 30. The van der Waals surface area contributed by atoms with Crippen LogP contribution in [0.15, 0.2) is 85.2 Å². The topological polar surface area (TPSA) is 684 Å². The second kappa shape index (κ2) is 53.9. The van der Waals surface area contributed by atoms with Crippen molar-refractivity contribution in [2.45, 2.75) is 253 Å². The number of hydrogen-bond donors (Lipinski definition) is 20. The van der Waals surface area contributed by atoms with Crippen molar-refractivity contribution in [2.75, 3.05) is 65.4 Å². The van der Waals surface area contributed by atoms with Gasteiger partial charge in [0.2, 0.25) is 94.5 Å². The van der Waals surface area contributed by atoms with Crippen LogP contribution in [0, 0.1) is 18.3 Å². The quantitative estimate of drug-likeness (QED) is 0.0208. The molecule has 772 valence electrons. The maximum absolute atomic E-state index is 16.0. The number of carboxylic acids is 4. The summed E-state index contributed by atoms with van der Waals surface area (Å²) in [5, 5.41) is 90.7. The number of amides is 16. The van der Waals surface area contributed by atoms with Crippen LogP contribution in [-0.4, -0.2) is 345 Å². The molecule has 0 radical (unpaired) electrons. The summed E-state index contributed by atoms with van der Waals surface area (Å²) >= 11 is 0.622. The molecule has 46 nitrogen and oxygen atoms in total. The minimum atomic E-state index is -1.95. The van der Waals surface area contributed by atoms with Crippen LogP contribution in [0.5, 0.6) is 5.75 Å². The first-order chi connectivity index (χ1) is 67.4.